The highest BCUT2D eigenvalue weighted by Gasteiger charge is 2.29. The van der Waals surface area contributed by atoms with Crippen molar-refractivity contribution in [2.75, 3.05) is 0 Å². The molecule has 6 aromatic rings. The van der Waals surface area contributed by atoms with E-state index in [1.807, 2.05) is 13.8 Å². The van der Waals surface area contributed by atoms with Crippen molar-refractivity contribution in [2.45, 2.75) is 19.3 Å². The number of para-hydroxylation sites is 4. The summed E-state index contributed by atoms with van der Waals surface area (Å²) in [6, 6.07) is 42.2. The van der Waals surface area contributed by atoms with E-state index < -0.39 is 30.0 Å². The molecule has 0 atom stereocenters. The lowest BCUT2D eigenvalue weighted by molar-refractivity contribution is 0.140. The van der Waals surface area contributed by atoms with Crippen LogP contribution in [0.1, 0.15) is 25.0 Å². The molecule has 0 unspecified atom stereocenters. The van der Waals surface area contributed by atoms with Gasteiger partial charge in [0.15, 0.2) is 23.0 Å². The molecule has 0 spiro atoms. The fourth-order valence-corrected chi connectivity index (χ4v) is 5.07. The first-order chi connectivity index (χ1) is 26.6. The lowest BCUT2D eigenvalue weighted by Gasteiger charge is -2.27. The van der Waals surface area contributed by atoms with Crippen LogP contribution in [-0.2, 0) is 5.41 Å². The van der Waals surface area contributed by atoms with Crippen LogP contribution in [0.2, 0.25) is 0 Å². The van der Waals surface area contributed by atoms with Crippen LogP contribution < -0.4 is 37.9 Å². The molecule has 0 heterocycles. The highest BCUT2D eigenvalue weighted by Crippen LogP contribution is 2.41. The van der Waals surface area contributed by atoms with Crippen molar-refractivity contribution >= 4 is 24.6 Å². The van der Waals surface area contributed by atoms with E-state index in [0.29, 0.717) is 11.1 Å². The third-order valence-electron chi connectivity index (χ3n) is 7.88. The van der Waals surface area contributed by atoms with Gasteiger partial charge >= 0.3 is 24.6 Å². The van der Waals surface area contributed by atoms with Gasteiger partial charge in [-0.3, -0.25) is 0 Å². The standard InChI is InChI=1S/C43H32O12/c1-43(2,29-23-25-35(52-39(44)48-31-15-7-3-8-16-31)37(27-29)54-41(46)50-33-19-11-5-12-20-33)30-24-26-36(53-40(45)49-32-17-9-4-10-18-32)38(28-30)55-42(47)51-34-21-13-6-14-22-34/h3-28H,1-2H3. The highest BCUT2D eigenvalue weighted by atomic mass is 16.8. The molecule has 6 rings (SSSR count). The third-order valence-corrected chi connectivity index (χ3v) is 7.88. The summed E-state index contributed by atoms with van der Waals surface area (Å²) in [5.41, 5.74) is 0.164. The first-order valence-electron chi connectivity index (χ1n) is 16.7. The zero-order valence-corrected chi connectivity index (χ0v) is 29.4. The minimum atomic E-state index is -1.10. The average Bonchev–Trinajstić information content (AvgIpc) is 3.17. The van der Waals surface area contributed by atoms with Gasteiger partial charge in [0.2, 0.25) is 0 Å². The monoisotopic (exact) mass is 740 g/mol. The Kier molecular flexibility index (Phi) is 11.7. The SMILES string of the molecule is CC(C)(c1ccc(OC(=O)Oc2ccccc2)c(OC(=O)Oc2ccccc2)c1)c1ccc(OC(=O)Oc2ccccc2)c(OC(=O)Oc2ccccc2)c1. The van der Waals surface area contributed by atoms with Crippen LogP contribution in [0.25, 0.3) is 0 Å². The van der Waals surface area contributed by atoms with Crippen LogP contribution in [0.5, 0.6) is 46.0 Å². The van der Waals surface area contributed by atoms with Gasteiger partial charge in [0.25, 0.3) is 0 Å². The van der Waals surface area contributed by atoms with E-state index in [1.165, 1.54) is 24.3 Å². The van der Waals surface area contributed by atoms with E-state index in [9.17, 15) is 19.2 Å². The molecular weight excluding hydrogens is 708 g/mol. The van der Waals surface area contributed by atoms with Gasteiger partial charge in [0.1, 0.15) is 23.0 Å². The van der Waals surface area contributed by atoms with Gasteiger partial charge in [-0.1, -0.05) is 98.8 Å². The number of rotatable bonds is 10. The Morgan fingerprint density at radius 2 is 0.582 bits per heavy atom. The van der Waals surface area contributed by atoms with Crippen LogP contribution in [0.4, 0.5) is 19.2 Å². The molecule has 276 valence electrons. The van der Waals surface area contributed by atoms with E-state index in [0.717, 1.165) is 0 Å². The molecule has 0 aliphatic rings. The third kappa shape index (κ3) is 10.3. The molecule has 0 radical (unpaired) electrons. The zero-order valence-electron chi connectivity index (χ0n) is 29.4. The maximum absolute atomic E-state index is 12.9. The van der Waals surface area contributed by atoms with E-state index in [1.54, 1.807) is 133 Å². The lowest BCUT2D eigenvalue weighted by atomic mass is 9.78. The molecule has 0 aromatic heterocycles. The summed E-state index contributed by atoms with van der Waals surface area (Å²) in [6.07, 6.45) is -4.35. The van der Waals surface area contributed by atoms with Gasteiger partial charge in [-0.2, -0.15) is 0 Å². The van der Waals surface area contributed by atoms with Crippen molar-refractivity contribution in [2.24, 2.45) is 0 Å². The van der Waals surface area contributed by atoms with Gasteiger partial charge in [0.05, 0.1) is 0 Å². The van der Waals surface area contributed by atoms with Crippen LogP contribution >= 0.6 is 0 Å². The van der Waals surface area contributed by atoms with E-state index in [-0.39, 0.29) is 46.0 Å². The van der Waals surface area contributed by atoms with Crippen molar-refractivity contribution < 1.29 is 57.1 Å². The summed E-state index contributed by atoms with van der Waals surface area (Å²) in [5, 5.41) is 0. The van der Waals surface area contributed by atoms with Gasteiger partial charge in [-0.15, -0.1) is 0 Å². The number of carbonyl (C=O) groups is 4. The van der Waals surface area contributed by atoms with Crippen LogP contribution in [0, 0.1) is 0 Å². The molecule has 0 N–H and O–H groups in total. The van der Waals surface area contributed by atoms with Crippen molar-refractivity contribution in [1.29, 1.82) is 0 Å². The van der Waals surface area contributed by atoms with Crippen molar-refractivity contribution in [3.8, 4) is 46.0 Å². The number of benzene rings is 6. The average molecular weight is 741 g/mol. The Balaban J connectivity index is 1.30. The Morgan fingerprint density at radius 1 is 0.327 bits per heavy atom. The first-order valence-corrected chi connectivity index (χ1v) is 16.7. The van der Waals surface area contributed by atoms with Gasteiger partial charge in [-0.05, 0) is 83.9 Å². The van der Waals surface area contributed by atoms with Crippen molar-refractivity contribution in [1.82, 2.24) is 0 Å². The predicted molar refractivity (Wildman–Crippen MR) is 197 cm³/mol. The van der Waals surface area contributed by atoms with E-state index in [4.69, 9.17) is 37.9 Å². The summed E-state index contributed by atoms with van der Waals surface area (Å²) in [4.78, 5) is 51.4. The maximum atomic E-state index is 12.9. The van der Waals surface area contributed by atoms with Crippen molar-refractivity contribution in [3.63, 3.8) is 0 Å². The van der Waals surface area contributed by atoms with E-state index in [2.05, 4.69) is 0 Å². The fourth-order valence-electron chi connectivity index (χ4n) is 5.07. The second-order valence-electron chi connectivity index (χ2n) is 12.0. The summed E-state index contributed by atoms with van der Waals surface area (Å²) in [7, 11) is 0. The second kappa shape index (κ2) is 17.3. The molecule has 0 aliphatic heterocycles. The summed E-state index contributed by atoms with van der Waals surface area (Å²) >= 11 is 0. The van der Waals surface area contributed by atoms with E-state index >= 15 is 0 Å². The van der Waals surface area contributed by atoms with Gasteiger partial charge in [-0.25, -0.2) is 19.2 Å². The minimum absolute atomic E-state index is 0.140. The topological polar surface area (TPSA) is 142 Å². The highest BCUT2D eigenvalue weighted by molar-refractivity contribution is 5.73. The summed E-state index contributed by atoms with van der Waals surface area (Å²) in [6.45, 7) is 3.68. The van der Waals surface area contributed by atoms with Crippen LogP contribution in [-0.4, -0.2) is 24.6 Å². The number of hydrogen-bond acceptors (Lipinski definition) is 12. The maximum Gasteiger partial charge on any atom is 0.519 e. The predicted octanol–water partition coefficient (Wildman–Crippen LogP) is 10.3. The first kappa shape index (κ1) is 37.2. The summed E-state index contributed by atoms with van der Waals surface area (Å²) < 4.78 is 43.2. The van der Waals surface area contributed by atoms with Crippen LogP contribution in [0.15, 0.2) is 158 Å². The molecule has 0 bridgehead atoms. The lowest BCUT2D eigenvalue weighted by Crippen LogP contribution is -2.22. The number of carbonyl (C=O) groups excluding carboxylic acids is 4. The molecule has 0 saturated heterocycles. The molecule has 0 fully saturated rings. The molecule has 12 nitrogen and oxygen atoms in total. The number of ether oxygens (including phenoxy) is 8. The molecular formula is C43H32O12. The smallest absolute Gasteiger partial charge is 0.395 e. The minimum Gasteiger partial charge on any atom is -0.395 e. The number of hydrogen-bond donors (Lipinski definition) is 0. The molecule has 55 heavy (non-hydrogen) atoms. The van der Waals surface area contributed by atoms with Gasteiger partial charge in [0, 0.05) is 5.41 Å². The summed E-state index contributed by atoms with van der Waals surface area (Å²) in [5.74, 6) is 0.320. The largest absolute Gasteiger partial charge is 0.519 e. The Bertz CT molecular complexity index is 2100. The Morgan fingerprint density at radius 3 is 0.855 bits per heavy atom. The molecule has 12 heteroatoms. The normalized spacial score (nSPS) is 10.7. The Hall–Kier alpha value is -7.60. The van der Waals surface area contributed by atoms with Crippen LogP contribution in [0.3, 0.4) is 0 Å². The molecule has 6 aromatic carbocycles. The molecule has 0 saturated carbocycles. The Labute approximate surface area is 315 Å². The fraction of sp³-hybridized carbons (Fsp3) is 0.0698. The van der Waals surface area contributed by atoms with Gasteiger partial charge < -0.3 is 37.9 Å². The quantitative estimate of drug-likeness (QED) is 0.0974. The zero-order chi connectivity index (χ0) is 38.6. The molecule has 0 amide bonds. The molecule has 0 aliphatic carbocycles. The second-order valence-corrected chi connectivity index (χ2v) is 12.0. The van der Waals surface area contributed by atoms with Crippen molar-refractivity contribution in [3.05, 3.63) is 169 Å².